The Balaban J connectivity index is 2.96. The molecule has 0 heterocycles. The van der Waals surface area contributed by atoms with Crippen molar-refractivity contribution in [1.29, 1.82) is 0 Å². The number of hydrogen-bond acceptors (Lipinski definition) is 2. The fraction of sp³-hybridized carbons (Fsp3) is 0.0909. The molecule has 0 aromatic heterocycles. The first-order valence-corrected chi connectivity index (χ1v) is 4.21. The van der Waals surface area contributed by atoms with Gasteiger partial charge >= 0.3 is 5.97 Å². The lowest BCUT2D eigenvalue weighted by Gasteiger charge is -1.98. The van der Waals surface area contributed by atoms with E-state index in [1.807, 2.05) is 0 Å². The number of carbonyl (C=O) groups is 2. The molecule has 1 aromatic rings. The second-order valence-electron chi connectivity index (χ2n) is 3.05. The van der Waals surface area contributed by atoms with Gasteiger partial charge in [-0.3, -0.25) is 4.79 Å². The van der Waals surface area contributed by atoms with Crippen molar-refractivity contribution in [3.8, 4) is 0 Å². The molecule has 0 aliphatic heterocycles. The predicted octanol–water partition coefficient (Wildman–Crippen LogP) is 1.96. The normalized spacial score (nSPS) is 10.5. The molecular formula is C11H9FO3. The number of halogens is 1. The summed E-state index contributed by atoms with van der Waals surface area (Å²) < 4.78 is 12.9. The van der Waals surface area contributed by atoms with Gasteiger partial charge in [0.25, 0.3) is 0 Å². The van der Waals surface area contributed by atoms with E-state index in [0.29, 0.717) is 5.56 Å². The molecule has 0 saturated carbocycles. The lowest BCUT2D eigenvalue weighted by atomic mass is 10.1. The summed E-state index contributed by atoms with van der Waals surface area (Å²) in [6, 6.07) is 3.86. The van der Waals surface area contributed by atoms with Gasteiger partial charge in [0.15, 0.2) is 5.78 Å². The summed E-state index contributed by atoms with van der Waals surface area (Å²) in [6.07, 6.45) is 1.62. The highest BCUT2D eigenvalue weighted by Crippen LogP contribution is 2.09. The van der Waals surface area contributed by atoms with Crippen LogP contribution in [-0.4, -0.2) is 16.9 Å². The predicted molar refractivity (Wildman–Crippen MR) is 52.2 cm³/mol. The third-order valence-electron chi connectivity index (χ3n) is 1.70. The van der Waals surface area contributed by atoms with E-state index in [2.05, 4.69) is 0 Å². The molecule has 3 nitrogen and oxygen atoms in total. The van der Waals surface area contributed by atoms with Crippen molar-refractivity contribution < 1.29 is 19.1 Å². The molecule has 1 aromatic carbocycles. The summed E-state index contributed by atoms with van der Waals surface area (Å²) in [5.74, 6) is -2.25. The Hall–Kier alpha value is -1.97. The minimum absolute atomic E-state index is 0.144. The Morgan fingerprint density at radius 3 is 2.47 bits per heavy atom. The second kappa shape index (κ2) is 4.50. The van der Waals surface area contributed by atoms with E-state index in [9.17, 15) is 14.0 Å². The first-order valence-electron chi connectivity index (χ1n) is 4.21. The highest BCUT2D eigenvalue weighted by Gasteiger charge is 2.04. The van der Waals surface area contributed by atoms with Crippen LogP contribution in [0.3, 0.4) is 0 Å². The Labute approximate surface area is 85.8 Å². The molecule has 0 aliphatic rings. The SMILES string of the molecule is Cc1cc(F)cc(C(=O)C=CC(=O)O)c1. The van der Waals surface area contributed by atoms with Gasteiger partial charge in [0.1, 0.15) is 5.82 Å². The third-order valence-corrected chi connectivity index (χ3v) is 1.70. The van der Waals surface area contributed by atoms with E-state index >= 15 is 0 Å². The number of hydrogen-bond donors (Lipinski definition) is 1. The zero-order valence-corrected chi connectivity index (χ0v) is 8.03. The summed E-state index contributed by atoms with van der Waals surface area (Å²) >= 11 is 0. The zero-order valence-electron chi connectivity index (χ0n) is 8.03. The first-order chi connectivity index (χ1) is 6.99. The molecular weight excluding hydrogens is 199 g/mol. The van der Waals surface area contributed by atoms with E-state index in [1.54, 1.807) is 6.92 Å². The van der Waals surface area contributed by atoms with Crippen LogP contribution in [0, 0.1) is 12.7 Å². The van der Waals surface area contributed by atoms with Gasteiger partial charge in [0, 0.05) is 11.6 Å². The number of carboxylic acid groups (broad SMARTS) is 1. The van der Waals surface area contributed by atoms with Crippen molar-refractivity contribution in [2.45, 2.75) is 6.92 Å². The van der Waals surface area contributed by atoms with Crippen LogP contribution < -0.4 is 0 Å². The van der Waals surface area contributed by atoms with E-state index in [-0.39, 0.29) is 5.56 Å². The molecule has 0 bridgehead atoms. The lowest BCUT2D eigenvalue weighted by Crippen LogP contribution is -1.98. The highest BCUT2D eigenvalue weighted by molar-refractivity contribution is 6.06. The van der Waals surface area contributed by atoms with Gasteiger partial charge in [0.2, 0.25) is 0 Å². The average molecular weight is 208 g/mol. The van der Waals surface area contributed by atoms with Crippen LogP contribution in [0.1, 0.15) is 15.9 Å². The van der Waals surface area contributed by atoms with Gasteiger partial charge in [-0.2, -0.15) is 0 Å². The second-order valence-corrected chi connectivity index (χ2v) is 3.05. The molecule has 0 unspecified atom stereocenters. The molecule has 4 heteroatoms. The molecule has 0 radical (unpaired) electrons. The minimum Gasteiger partial charge on any atom is -0.478 e. The molecule has 15 heavy (non-hydrogen) atoms. The van der Waals surface area contributed by atoms with Crippen LogP contribution in [0.5, 0.6) is 0 Å². The largest absolute Gasteiger partial charge is 0.478 e. The molecule has 1 rings (SSSR count). The maximum absolute atomic E-state index is 12.9. The van der Waals surface area contributed by atoms with Crippen molar-refractivity contribution in [3.63, 3.8) is 0 Å². The number of rotatable bonds is 3. The molecule has 0 atom stereocenters. The van der Waals surface area contributed by atoms with Gasteiger partial charge in [-0.25, -0.2) is 9.18 Å². The van der Waals surface area contributed by atoms with Crippen molar-refractivity contribution >= 4 is 11.8 Å². The summed E-state index contributed by atoms with van der Waals surface area (Å²) in [5, 5.41) is 8.31. The van der Waals surface area contributed by atoms with E-state index in [1.165, 1.54) is 12.1 Å². The molecule has 0 saturated heterocycles. The van der Waals surface area contributed by atoms with Crippen molar-refractivity contribution in [2.75, 3.05) is 0 Å². The third kappa shape index (κ3) is 3.34. The van der Waals surface area contributed by atoms with Crippen LogP contribution in [0.25, 0.3) is 0 Å². The smallest absolute Gasteiger partial charge is 0.328 e. The first kappa shape index (κ1) is 11.1. The van der Waals surface area contributed by atoms with Crippen molar-refractivity contribution in [2.24, 2.45) is 0 Å². The van der Waals surface area contributed by atoms with E-state index in [0.717, 1.165) is 18.2 Å². The average Bonchev–Trinajstić information content (AvgIpc) is 2.12. The quantitative estimate of drug-likeness (QED) is 0.610. The number of benzene rings is 1. The molecule has 0 amide bonds. The van der Waals surface area contributed by atoms with E-state index in [4.69, 9.17) is 5.11 Å². The number of aliphatic carboxylic acids is 1. The Bertz CT molecular complexity index is 415. The summed E-state index contributed by atoms with van der Waals surface area (Å²) in [7, 11) is 0. The zero-order chi connectivity index (χ0) is 11.4. The van der Waals surface area contributed by atoms with Gasteiger partial charge in [-0.1, -0.05) is 0 Å². The van der Waals surface area contributed by atoms with Crippen LogP contribution in [0.2, 0.25) is 0 Å². The summed E-state index contributed by atoms with van der Waals surface area (Å²) in [4.78, 5) is 21.5. The number of aryl methyl sites for hydroxylation is 1. The number of ketones is 1. The molecule has 0 fully saturated rings. The van der Waals surface area contributed by atoms with Crippen molar-refractivity contribution in [1.82, 2.24) is 0 Å². The number of carbonyl (C=O) groups excluding carboxylic acids is 1. The fourth-order valence-corrected chi connectivity index (χ4v) is 1.12. The molecule has 0 aliphatic carbocycles. The maximum atomic E-state index is 12.9. The van der Waals surface area contributed by atoms with Gasteiger partial charge in [0.05, 0.1) is 0 Å². The molecule has 1 N–H and O–H groups in total. The van der Waals surface area contributed by atoms with E-state index < -0.39 is 17.6 Å². The highest BCUT2D eigenvalue weighted by atomic mass is 19.1. The van der Waals surface area contributed by atoms with Gasteiger partial charge in [-0.05, 0) is 36.8 Å². The Morgan fingerprint density at radius 1 is 1.27 bits per heavy atom. The monoisotopic (exact) mass is 208 g/mol. The summed E-state index contributed by atoms with van der Waals surface area (Å²) in [6.45, 7) is 1.65. The van der Waals surface area contributed by atoms with Gasteiger partial charge in [-0.15, -0.1) is 0 Å². The Kier molecular flexibility index (Phi) is 3.33. The van der Waals surface area contributed by atoms with Crippen LogP contribution in [0.15, 0.2) is 30.4 Å². The molecule has 78 valence electrons. The molecule has 0 spiro atoms. The minimum atomic E-state index is -1.21. The lowest BCUT2D eigenvalue weighted by molar-refractivity contribution is -0.131. The van der Waals surface area contributed by atoms with Crippen LogP contribution in [-0.2, 0) is 4.79 Å². The van der Waals surface area contributed by atoms with Gasteiger partial charge < -0.3 is 5.11 Å². The number of allylic oxidation sites excluding steroid dienone is 1. The number of carboxylic acids is 1. The maximum Gasteiger partial charge on any atom is 0.328 e. The van der Waals surface area contributed by atoms with Crippen molar-refractivity contribution in [3.05, 3.63) is 47.3 Å². The van der Waals surface area contributed by atoms with Crippen LogP contribution in [0.4, 0.5) is 4.39 Å². The topological polar surface area (TPSA) is 54.4 Å². The fourth-order valence-electron chi connectivity index (χ4n) is 1.12. The van der Waals surface area contributed by atoms with Crippen LogP contribution >= 0.6 is 0 Å². The standard InChI is InChI=1S/C11H9FO3/c1-7-4-8(6-9(12)5-7)10(13)2-3-11(14)15/h2-6H,1H3,(H,14,15). The summed E-state index contributed by atoms with van der Waals surface area (Å²) in [5.41, 5.74) is 0.757. The Morgan fingerprint density at radius 2 is 1.93 bits per heavy atom.